The van der Waals surface area contributed by atoms with Crippen molar-refractivity contribution >= 4 is 40.6 Å². The van der Waals surface area contributed by atoms with Gasteiger partial charge in [0, 0.05) is 59.9 Å². The number of nitrogens with zero attached hydrogens (tertiary/aromatic N) is 3. The third kappa shape index (κ3) is 4.06. The van der Waals surface area contributed by atoms with Gasteiger partial charge in [0.15, 0.2) is 0 Å². The number of fused-ring (bicyclic) bond motifs is 1. The minimum absolute atomic E-state index is 0.0433. The Morgan fingerprint density at radius 3 is 2.72 bits per heavy atom. The lowest BCUT2D eigenvalue weighted by atomic mass is 9.82. The molecule has 0 spiro atoms. The molecular formula is C24H23Cl2N3O2S. The van der Waals surface area contributed by atoms with E-state index < -0.39 is 5.60 Å². The van der Waals surface area contributed by atoms with Crippen molar-refractivity contribution in [2.75, 3.05) is 26.2 Å². The molecule has 0 unspecified atom stereocenters. The van der Waals surface area contributed by atoms with E-state index in [1.54, 1.807) is 12.3 Å². The number of carbonyl (C=O) groups is 1. The second-order valence-electron chi connectivity index (χ2n) is 8.53. The fraction of sp³-hybridized carbons (Fsp3) is 0.333. The Balaban J connectivity index is 1.30. The zero-order valence-electron chi connectivity index (χ0n) is 17.4. The Hall–Kier alpha value is -1.96. The largest absolute Gasteiger partial charge is 0.384 e. The van der Waals surface area contributed by atoms with Gasteiger partial charge in [0.05, 0.1) is 10.6 Å². The summed E-state index contributed by atoms with van der Waals surface area (Å²) in [7, 11) is 0. The van der Waals surface area contributed by atoms with Gasteiger partial charge >= 0.3 is 0 Å². The van der Waals surface area contributed by atoms with E-state index in [2.05, 4.69) is 9.27 Å². The maximum Gasteiger partial charge on any atom is 0.255 e. The SMILES string of the molecule is O=C(c1cccc(-c2cnsc2)c1Cl)N1CCN2C[C@@](O)(c3ccc(Cl)cc3)CC[C@@H]2C1. The molecule has 32 heavy (non-hydrogen) atoms. The molecule has 2 saturated heterocycles. The van der Waals surface area contributed by atoms with Crippen molar-refractivity contribution in [3.05, 3.63) is 75.2 Å². The normalized spacial score (nSPS) is 23.7. The molecule has 2 fully saturated rings. The fourth-order valence-electron chi connectivity index (χ4n) is 4.80. The Labute approximate surface area is 201 Å². The second kappa shape index (κ2) is 8.76. The van der Waals surface area contributed by atoms with Crippen molar-refractivity contribution < 1.29 is 9.90 Å². The third-order valence-electron chi connectivity index (χ3n) is 6.60. The summed E-state index contributed by atoms with van der Waals surface area (Å²) in [4.78, 5) is 17.5. The first-order valence-corrected chi connectivity index (χ1v) is 12.2. The van der Waals surface area contributed by atoms with Gasteiger partial charge < -0.3 is 10.0 Å². The van der Waals surface area contributed by atoms with Crippen LogP contribution in [-0.4, -0.2) is 57.4 Å². The average Bonchev–Trinajstić information content (AvgIpc) is 3.33. The predicted molar refractivity (Wildman–Crippen MR) is 128 cm³/mol. The van der Waals surface area contributed by atoms with E-state index in [0.29, 0.717) is 41.7 Å². The number of halogens is 2. The Morgan fingerprint density at radius 1 is 1.16 bits per heavy atom. The molecule has 3 aromatic rings. The molecule has 166 valence electrons. The number of hydrogen-bond acceptors (Lipinski definition) is 5. The van der Waals surface area contributed by atoms with E-state index in [0.717, 1.165) is 29.7 Å². The van der Waals surface area contributed by atoms with Crippen molar-refractivity contribution in [1.29, 1.82) is 0 Å². The molecule has 1 aromatic heterocycles. The van der Waals surface area contributed by atoms with Crippen LogP contribution in [0, 0.1) is 0 Å². The summed E-state index contributed by atoms with van der Waals surface area (Å²) in [5, 5.41) is 14.4. The zero-order valence-corrected chi connectivity index (χ0v) is 19.7. The van der Waals surface area contributed by atoms with E-state index in [9.17, 15) is 9.90 Å². The summed E-state index contributed by atoms with van der Waals surface area (Å²) >= 11 is 14.0. The molecule has 5 rings (SSSR count). The first kappa shape index (κ1) is 21.9. The lowest BCUT2D eigenvalue weighted by molar-refractivity contribution is -0.0740. The lowest BCUT2D eigenvalue weighted by Crippen LogP contribution is -2.60. The minimum atomic E-state index is -0.889. The van der Waals surface area contributed by atoms with E-state index in [-0.39, 0.29) is 11.9 Å². The van der Waals surface area contributed by atoms with Crippen LogP contribution in [0.15, 0.2) is 54.0 Å². The number of aromatic nitrogens is 1. The predicted octanol–water partition coefficient (Wildman–Crippen LogP) is 4.92. The molecule has 2 aromatic carbocycles. The van der Waals surface area contributed by atoms with Gasteiger partial charge in [-0.15, -0.1) is 0 Å². The summed E-state index contributed by atoms with van der Waals surface area (Å²) in [6.45, 7) is 2.52. The number of benzene rings is 2. The second-order valence-corrected chi connectivity index (χ2v) is 10.0. The maximum atomic E-state index is 13.3. The van der Waals surface area contributed by atoms with Crippen LogP contribution in [-0.2, 0) is 5.60 Å². The molecule has 1 amide bonds. The number of hydrogen-bond donors (Lipinski definition) is 1. The highest BCUT2D eigenvalue weighted by Crippen LogP contribution is 2.37. The summed E-state index contributed by atoms with van der Waals surface area (Å²) in [5.41, 5.74) is 2.28. The number of piperidine rings is 1. The maximum absolute atomic E-state index is 13.3. The van der Waals surface area contributed by atoms with Crippen LogP contribution in [0.1, 0.15) is 28.8 Å². The first-order valence-electron chi connectivity index (χ1n) is 10.6. The molecule has 5 nitrogen and oxygen atoms in total. The van der Waals surface area contributed by atoms with Crippen LogP contribution in [0.25, 0.3) is 11.1 Å². The molecule has 0 bridgehead atoms. The summed E-state index contributed by atoms with van der Waals surface area (Å²) < 4.78 is 4.14. The van der Waals surface area contributed by atoms with Crippen molar-refractivity contribution in [2.24, 2.45) is 0 Å². The molecule has 2 aliphatic heterocycles. The topological polar surface area (TPSA) is 56.7 Å². The molecular weight excluding hydrogens is 465 g/mol. The Bertz CT molecular complexity index is 1120. The molecule has 1 N–H and O–H groups in total. The van der Waals surface area contributed by atoms with Crippen LogP contribution < -0.4 is 0 Å². The number of piperazine rings is 1. The van der Waals surface area contributed by atoms with Crippen molar-refractivity contribution in [3.8, 4) is 11.1 Å². The van der Waals surface area contributed by atoms with Crippen LogP contribution in [0.4, 0.5) is 0 Å². The number of aliphatic hydroxyl groups is 1. The van der Waals surface area contributed by atoms with Gasteiger partial charge in [-0.05, 0) is 48.1 Å². The van der Waals surface area contributed by atoms with Crippen molar-refractivity contribution in [3.63, 3.8) is 0 Å². The van der Waals surface area contributed by atoms with E-state index >= 15 is 0 Å². The molecule has 8 heteroatoms. The summed E-state index contributed by atoms with van der Waals surface area (Å²) in [5.74, 6) is -0.0433. The Morgan fingerprint density at radius 2 is 1.97 bits per heavy atom. The smallest absolute Gasteiger partial charge is 0.255 e. The molecule has 0 radical (unpaired) electrons. The standard InChI is InChI=1S/C24H23Cl2N3O2S/c25-18-6-4-17(5-7-18)24(31)9-8-19-13-28(10-11-29(19)15-24)23(30)21-3-1-2-20(22(21)26)16-12-27-32-14-16/h1-7,12,14,19,31H,8-11,13,15H2/t19-,24-/m1/s1. The first-order chi connectivity index (χ1) is 15.4. The van der Waals surface area contributed by atoms with Gasteiger partial charge in [0.25, 0.3) is 5.91 Å². The number of rotatable bonds is 3. The van der Waals surface area contributed by atoms with Gasteiger partial charge in [-0.2, -0.15) is 0 Å². The van der Waals surface area contributed by atoms with Crippen LogP contribution in [0.2, 0.25) is 10.0 Å². The highest BCUT2D eigenvalue weighted by atomic mass is 35.5. The molecule has 2 aliphatic rings. The van der Waals surface area contributed by atoms with Gasteiger partial charge in [0.1, 0.15) is 5.60 Å². The molecule has 2 atom stereocenters. The number of carbonyl (C=O) groups excluding carboxylic acids is 1. The zero-order chi connectivity index (χ0) is 22.3. The van der Waals surface area contributed by atoms with Crippen molar-refractivity contribution in [1.82, 2.24) is 14.2 Å². The van der Waals surface area contributed by atoms with Crippen LogP contribution in [0.5, 0.6) is 0 Å². The van der Waals surface area contributed by atoms with Crippen molar-refractivity contribution in [2.45, 2.75) is 24.5 Å². The molecule has 0 saturated carbocycles. The number of amides is 1. The molecule has 3 heterocycles. The molecule has 0 aliphatic carbocycles. The van der Waals surface area contributed by atoms with E-state index in [4.69, 9.17) is 23.2 Å². The highest BCUT2D eigenvalue weighted by Gasteiger charge is 2.42. The van der Waals surface area contributed by atoms with Gasteiger partial charge in [-0.25, -0.2) is 4.37 Å². The van der Waals surface area contributed by atoms with Crippen LogP contribution >= 0.6 is 34.7 Å². The van der Waals surface area contributed by atoms with Gasteiger partial charge in [0.2, 0.25) is 0 Å². The summed E-state index contributed by atoms with van der Waals surface area (Å²) in [6.07, 6.45) is 3.24. The minimum Gasteiger partial charge on any atom is -0.384 e. The van der Waals surface area contributed by atoms with Crippen LogP contribution in [0.3, 0.4) is 0 Å². The highest BCUT2D eigenvalue weighted by molar-refractivity contribution is 7.03. The third-order valence-corrected chi connectivity index (χ3v) is 7.85. The Kier molecular flexibility index (Phi) is 5.99. The average molecular weight is 488 g/mol. The van der Waals surface area contributed by atoms with E-state index in [1.807, 2.05) is 46.7 Å². The monoisotopic (exact) mass is 487 g/mol. The quantitative estimate of drug-likeness (QED) is 0.569. The fourth-order valence-corrected chi connectivity index (χ4v) is 5.78. The van der Waals surface area contributed by atoms with Gasteiger partial charge in [-0.3, -0.25) is 9.69 Å². The van der Waals surface area contributed by atoms with E-state index in [1.165, 1.54) is 11.5 Å². The van der Waals surface area contributed by atoms with Gasteiger partial charge in [-0.1, -0.05) is 47.5 Å². The lowest BCUT2D eigenvalue weighted by Gasteiger charge is -2.49. The summed E-state index contributed by atoms with van der Waals surface area (Å²) in [6, 6.07) is 13.3.